The van der Waals surface area contributed by atoms with Gasteiger partial charge in [-0.15, -0.1) is 0 Å². The first-order valence-electron chi connectivity index (χ1n) is 15.2. The van der Waals surface area contributed by atoms with E-state index in [2.05, 4.69) is 47.2 Å². The summed E-state index contributed by atoms with van der Waals surface area (Å²) in [6.45, 7) is 0.994. The molecule has 1 aliphatic rings. The predicted octanol–water partition coefficient (Wildman–Crippen LogP) is -2.15. The number of carbonyl (C=O) groups is 7. The lowest BCUT2D eigenvalue weighted by Gasteiger charge is -2.25. The number of amides is 7. The topological polar surface area (TPSA) is 232 Å². The zero-order valence-corrected chi connectivity index (χ0v) is 26.0. The normalized spacial score (nSPS) is 21.6. The Hall–Kier alpha value is -5.35. The molecule has 3 rings (SSSR count). The van der Waals surface area contributed by atoms with Crippen molar-refractivity contribution in [3.63, 3.8) is 0 Å². The van der Waals surface area contributed by atoms with Crippen molar-refractivity contribution in [3.05, 3.63) is 53.9 Å². The van der Waals surface area contributed by atoms with E-state index in [9.17, 15) is 38.0 Å². The van der Waals surface area contributed by atoms with Gasteiger partial charge < -0.3 is 42.2 Å². The van der Waals surface area contributed by atoms with Crippen molar-refractivity contribution < 1.29 is 38.0 Å². The number of halogens is 1. The Morgan fingerprint density at radius 1 is 0.809 bits per heavy atom. The Morgan fingerprint density at radius 2 is 1.43 bits per heavy atom. The molecule has 3 atom stereocenters. The maximum absolute atomic E-state index is 13.7. The van der Waals surface area contributed by atoms with Crippen LogP contribution in [-0.4, -0.2) is 95.6 Å². The van der Waals surface area contributed by atoms with Crippen LogP contribution >= 0.6 is 0 Å². The van der Waals surface area contributed by atoms with Crippen molar-refractivity contribution in [1.82, 2.24) is 47.2 Å². The van der Waals surface area contributed by atoms with Crippen LogP contribution in [0.15, 0.2) is 36.8 Å². The molecule has 0 bridgehead atoms. The van der Waals surface area contributed by atoms with Crippen molar-refractivity contribution in [3.8, 4) is 0 Å². The number of aromatic nitrogens is 2. The van der Waals surface area contributed by atoms with E-state index in [0.29, 0.717) is 37.2 Å². The molecular weight excluding hydrogens is 617 g/mol. The lowest BCUT2D eigenvalue weighted by molar-refractivity contribution is -0.134. The van der Waals surface area contributed by atoms with E-state index in [1.165, 1.54) is 43.7 Å². The summed E-state index contributed by atoms with van der Waals surface area (Å²) < 4.78 is 13.6. The second-order valence-corrected chi connectivity index (χ2v) is 10.9. The molecule has 2 heterocycles. The van der Waals surface area contributed by atoms with Gasteiger partial charge >= 0.3 is 0 Å². The summed E-state index contributed by atoms with van der Waals surface area (Å²) in [5.41, 5.74) is 0.960. The van der Waals surface area contributed by atoms with Crippen molar-refractivity contribution in [1.29, 1.82) is 0 Å². The highest BCUT2D eigenvalue weighted by molar-refractivity contribution is 5.95. The van der Waals surface area contributed by atoms with E-state index in [0.717, 1.165) is 0 Å². The molecule has 0 saturated carbocycles. The van der Waals surface area contributed by atoms with E-state index in [-0.39, 0.29) is 38.1 Å². The number of hydrogen-bond donors (Lipinski definition) is 8. The number of nitrogens with zero attached hydrogens (tertiary/aromatic N) is 1. The number of nitrogens with one attached hydrogen (secondary N) is 8. The first-order valence-corrected chi connectivity index (χ1v) is 15.2. The van der Waals surface area contributed by atoms with Crippen LogP contribution in [0.5, 0.6) is 0 Å². The number of aromatic amines is 1. The molecule has 0 radical (unpaired) electrons. The minimum Gasteiger partial charge on any atom is -0.356 e. The molecule has 0 spiro atoms. The van der Waals surface area contributed by atoms with E-state index in [1.54, 1.807) is 0 Å². The van der Waals surface area contributed by atoms with Crippen LogP contribution in [0.3, 0.4) is 0 Å². The van der Waals surface area contributed by atoms with Crippen molar-refractivity contribution in [2.45, 2.75) is 63.6 Å². The molecule has 47 heavy (non-hydrogen) atoms. The smallest absolute Gasteiger partial charge is 0.243 e. The van der Waals surface area contributed by atoms with Crippen LogP contribution in [0.25, 0.3) is 0 Å². The van der Waals surface area contributed by atoms with Crippen LogP contribution in [0.1, 0.15) is 43.9 Å². The fourth-order valence-electron chi connectivity index (χ4n) is 4.61. The van der Waals surface area contributed by atoms with E-state index < -0.39 is 65.9 Å². The number of H-pyrrole nitrogens is 1. The first-order chi connectivity index (χ1) is 22.5. The molecule has 1 aromatic carbocycles. The largest absolute Gasteiger partial charge is 0.356 e. The molecule has 7 amide bonds. The molecule has 1 aromatic heterocycles. The highest BCUT2D eigenvalue weighted by atomic mass is 19.1. The fraction of sp³-hybridized carbons (Fsp3) is 0.467. The van der Waals surface area contributed by atoms with Gasteiger partial charge in [0.05, 0.1) is 19.4 Å². The fourth-order valence-corrected chi connectivity index (χ4v) is 4.61. The van der Waals surface area contributed by atoms with Crippen molar-refractivity contribution >= 4 is 41.4 Å². The maximum atomic E-state index is 13.7. The first kappa shape index (κ1) is 36.1. The minimum atomic E-state index is -1.28. The Balaban J connectivity index is 1.87. The number of benzene rings is 1. The van der Waals surface area contributed by atoms with E-state index >= 15 is 0 Å². The predicted molar refractivity (Wildman–Crippen MR) is 164 cm³/mol. The van der Waals surface area contributed by atoms with Crippen LogP contribution in [-0.2, 0) is 46.4 Å². The number of imidazole rings is 1. The SMILES string of the molecule is CC(=O)N[C@H]1CCC(=O)NCCCCNC(=O)CNC(=O)CNC(=O)[C@@H](Cc2ccc(F)cc2)NC(=O)[C@H](Cc2cnc[nH]2)NC1=O. The van der Waals surface area contributed by atoms with Gasteiger partial charge in [0.2, 0.25) is 41.4 Å². The van der Waals surface area contributed by atoms with Gasteiger partial charge in [0.1, 0.15) is 23.9 Å². The third kappa shape index (κ3) is 13.3. The average molecular weight is 658 g/mol. The molecule has 1 fully saturated rings. The zero-order valence-electron chi connectivity index (χ0n) is 26.0. The van der Waals surface area contributed by atoms with Gasteiger partial charge in [-0.2, -0.15) is 0 Å². The van der Waals surface area contributed by atoms with Gasteiger partial charge in [-0.25, -0.2) is 9.37 Å². The van der Waals surface area contributed by atoms with E-state index in [4.69, 9.17) is 0 Å². The van der Waals surface area contributed by atoms with Crippen LogP contribution in [0.4, 0.5) is 4.39 Å². The van der Waals surface area contributed by atoms with Gasteiger partial charge in [-0.05, 0) is 37.0 Å². The second-order valence-electron chi connectivity index (χ2n) is 10.9. The van der Waals surface area contributed by atoms with Crippen LogP contribution in [0.2, 0.25) is 0 Å². The Morgan fingerprint density at radius 3 is 2.09 bits per heavy atom. The van der Waals surface area contributed by atoms with Crippen molar-refractivity contribution in [2.24, 2.45) is 0 Å². The molecule has 17 heteroatoms. The summed E-state index contributed by atoms with van der Waals surface area (Å²) in [5.74, 6) is -4.77. The lowest BCUT2D eigenvalue weighted by atomic mass is 10.0. The number of rotatable bonds is 5. The highest BCUT2D eigenvalue weighted by Crippen LogP contribution is 2.09. The van der Waals surface area contributed by atoms with Gasteiger partial charge in [0.25, 0.3) is 0 Å². The number of hydrogen-bond acceptors (Lipinski definition) is 8. The minimum absolute atomic E-state index is 0.0671. The molecule has 16 nitrogen and oxygen atoms in total. The summed E-state index contributed by atoms with van der Waals surface area (Å²) in [4.78, 5) is 95.9. The van der Waals surface area contributed by atoms with Gasteiger partial charge in [0, 0.05) is 51.2 Å². The summed E-state index contributed by atoms with van der Waals surface area (Å²) in [5, 5.41) is 17.9. The maximum Gasteiger partial charge on any atom is 0.243 e. The standard InChI is InChI=1S/C30H40FN9O7/c1-18(41)38-22-8-9-25(42)33-10-2-3-11-34-26(43)15-35-27(44)16-36-28(45)23(12-19-4-6-20(31)7-5-19)39-30(47)24(40-29(22)46)13-21-14-32-17-37-21/h4-7,14,17,22-24H,2-3,8-13,15-16H2,1H3,(H,32,37)(H,33,42)(H,34,43)(H,35,44)(H,36,45)(H,38,41)(H,39,47)(H,40,46)/t22-,23+,24-/m0/s1. The Bertz CT molecular complexity index is 1400. The molecule has 1 saturated heterocycles. The highest BCUT2D eigenvalue weighted by Gasteiger charge is 2.30. The third-order valence-corrected chi connectivity index (χ3v) is 7.07. The summed E-state index contributed by atoms with van der Waals surface area (Å²) in [7, 11) is 0. The molecule has 2 aromatic rings. The molecule has 254 valence electrons. The number of carbonyl (C=O) groups excluding carboxylic acids is 7. The summed E-state index contributed by atoms with van der Waals surface area (Å²) in [6, 6.07) is 1.53. The van der Waals surface area contributed by atoms with Gasteiger partial charge in [0.15, 0.2) is 0 Å². The summed E-state index contributed by atoms with van der Waals surface area (Å²) >= 11 is 0. The third-order valence-electron chi connectivity index (χ3n) is 7.07. The van der Waals surface area contributed by atoms with Crippen molar-refractivity contribution in [2.75, 3.05) is 26.2 Å². The Labute approximate surface area is 270 Å². The van der Waals surface area contributed by atoms with Gasteiger partial charge in [-0.3, -0.25) is 33.6 Å². The molecule has 8 N–H and O–H groups in total. The lowest BCUT2D eigenvalue weighted by Crippen LogP contribution is -2.58. The second kappa shape index (κ2) is 18.6. The van der Waals surface area contributed by atoms with Crippen LogP contribution < -0.4 is 37.2 Å². The molecule has 1 aliphatic heterocycles. The zero-order chi connectivity index (χ0) is 34.2. The van der Waals surface area contributed by atoms with E-state index in [1.807, 2.05) is 0 Å². The van der Waals surface area contributed by atoms with Gasteiger partial charge in [-0.1, -0.05) is 12.1 Å². The monoisotopic (exact) mass is 657 g/mol. The summed E-state index contributed by atoms with van der Waals surface area (Å²) in [6.07, 6.45) is 3.56. The van der Waals surface area contributed by atoms with Crippen LogP contribution in [0, 0.1) is 5.82 Å². The molecular formula is C30H40FN9O7. The Kier molecular flexibility index (Phi) is 14.3. The average Bonchev–Trinajstić information content (AvgIpc) is 3.55. The molecule has 0 aliphatic carbocycles. The quantitative estimate of drug-likeness (QED) is 0.176. The molecule has 0 unspecified atom stereocenters.